The van der Waals surface area contributed by atoms with Gasteiger partial charge in [0.15, 0.2) is 0 Å². The highest BCUT2D eigenvalue weighted by molar-refractivity contribution is 5.20. The van der Waals surface area contributed by atoms with Gasteiger partial charge in [-0.15, -0.1) is 0 Å². The van der Waals surface area contributed by atoms with Gasteiger partial charge in [0.25, 0.3) is 0 Å². The lowest BCUT2D eigenvalue weighted by molar-refractivity contribution is 0.160. The molecule has 1 saturated heterocycles. The summed E-state index contributed by atoms with van der Waals surface area (Å²) in [5, 5.41) is 3.47. The van der Waals surface area contributed by atoms with Crippen LogP contribution in [0.5, 0.6) is 0 Å². The van der Waals surface area contributed by atoms with Gasteiger partial charge in [0.2, 0.25) is 0 Å². The number of hydrogen-bond donors (Lipinski definition) is 1. The highest BCUT2D eigenvalue weighted by Gasteiger charge is 2.22. The van der Waals surface area contributed by atoms with E-state index >= 15 is 0 Å². The minimum atomic E-state index is -0.0807. The Morgan fingerprint density at radius 3 is 2.85 bits per heavy atom. The lowest BCUT2D eigenvalue weighted by Crippen LogP contribution is -2.39. The van der Waals surface area contributed by atoms with Gasteiger partial charge in [-0.25, -0.2) is 4.39 Å². The molecule has 0 saturated carbocycles. The van der Waals surface area contributed by atoms with Crippen molar-refractivity contribution in [2.24, 2.45) is 5.92 Å². The summed E-state index contributed by atoms with van der Waals surface area (Å²) in [6, 6.07) is 7.33. The molecule has 1 fully saturated rings. The molecule has 1 N–H and O–H groups in total. The second-order valence-electron chi connectivity index (χ2n) is 5.90. The molecule has 0 amide bonds. The number of benzene rings is 1. The van der Waals surface area contributed by atoms with Crippen molar-refractivity contribution < 1.29 is 4.39 Å². The molecule has 3 heteroatoms. The molecule has 2 unspecified atom stereocenters. The Morgan fingerprint density at radius 1 is 1.40 bits per heavy atom. The SMILES string of the molecule is CCCN(CC1CCCNC1)C(C)c1ccccc1F. The molecule has 1 aromatic carbocycles. The van der Waals surface area contributed by atoms with E-state index in [-0.39, 0.29) is 11.9 Å². The van der Waals surface area contributed by atoms with Crippen LogP contribution >= 0.6 is 0 Å². The number of hydrogen-bond acceptors (Lipinski definition) is 2. The van der Waals surface area contributed by atoms with Gasteiger partial charge in [-0.2, -0.15) is 0 Å². The second-order valence-corrected chi connectivity index (χ2v) is 5.90. The summed E-state index contributed by atoms with van der Waals surface area (Å²) in [6.07, 6.45) is 3.66. The highest BCUT2D eigenvalue weighted by Crippen LogP contribution is 2.25. The molecule has 2 nitrogen and oxygen atoms in total. The molecule has 1 aliphatic heterocycles. The molecule has 20 heavy (non-hydrogen) atoms. The Hall–Kier alpha value is -0.930. The third kappa shape index (κ3) is 4.03. The molecule has 0 radical (unpaired) electrons. The maximum absolute atomic E-state index is 14.0. The summed E-state index contributed by atoms with van der Waals surface area (Å²) in [7, 11) is 0. The van der Waals surface area contributed by atoms with E-state index in [0.717, 1.165) is 38.2 Å². The van der Waals surface area contributed by atoms with Crippen LogP contribution in [-0.2, 0) is 0 Å². The van der Waals surface area contributed by atoms with Crippen molar-refractivity contribution in [3.8, 4) is 0 Å². The van der Waals surface area contributed by atoms with Crippen LogP contribution < -0.4 is 5.32 Å². The van der Waals surface area contributed by atoms with E-state index in [0.29, 0.717) is 5.92 Å². The van der Waals surface area contributed by atoms with Crippen LogP contribution in [-0.4, -0.2) is 31.1 Å². The normalized spacial score (nSPS) is 21.1. The Balaban J connectivity index is 2.04. The summed E-state index contributed by atoms with van der Waals surface area (Å²) >= 11 is 0. The molecule has 0 aliphatic carbocycles. The van der Waals surface area contributed by atoms with Crippen LogP contribution in [0.4, 0.5) is 4.39 Å². The van der Waals surface area contributed by atoms with Crippen molar-refractivity contribution >= 4 is 0 Å². The number of nitrogens with zero attached hydrogens (tertiary/aromatic N) is 1. The smallest absolute Gasteiger partial charge is 0.127 e. The van der Waals surface area contributed by atoms with E-state index in [9.17, 15) is 4.39 Å². The lowest BCUT2D eigenvalue weighted by Gasteiger charge is -2.34. The molecule has 112 valence electrons. The summed E-state index contributed by atoms with van der Waals surface area (Å²) < 4.78 is 14.0. The fourth-order valence-electron chi connectivity index (χ4n) is 3.15. The van der Waals surface area contributed by atoms with Crippen molar-refractivity contribution in [1.29, 1.82) is 0 Å². The van der Waals surface area contributed by atoms with Gasteiger partial charge in [0.1, 0.15) is 5.82 Å². The van der Waals surface area contributed by atoms with Crippen LogP contribution in [0.15, 0.2) is 24.3 Å². The fourth-order valence-corrected chi connectivity index (χ4v) is 3.15. The average Bonchev–Trinajstić information content (AvgIpc) is 2.48. The Kier molecular flexibility index (Phi) is 5.99. The lowest BCUT2D eigenvalue weighted by atomic mass is 9.97. The predicted octanol–water partition coefficient (Wildman–Crippen LogP) is 3.60. The van der Waals surface area contributed by atoms with Crippen LogP contribution in [0.25, 0.3) is 0 Å². The third-order valence-electron chi connectivity index (χ3n) is 4.31. The standard InChI is InChI=1S/C17H27FN2/c1-3-11-20(13-15-7-6-10-19-12-15)14(2)16-8-4-5-9-17(16)18/h4-5,8-9,14-15,19H,3,6-7,10-13H2,1-2H3. The maximum Gasteiger partial charge on any atom is 0.127 e. The monoisotopic (exact) mass is 278 g/mol. The Labute approximate surface area is 122 Å². The van der Waals surface area contributed by atoms with Gasteiger partial charge < -0.3 is 5.32 Å². The van der Waals surface area contributed by atoms with Gasteiger partial charge in [-0.3, -0.25) is 4.90 Å². The molecule has 2 rings (SSSR count). The third-order valence-corrected chi connectivity index (χ3v) is 4.31. The first kappa shape index (κ1) is 15.5. The van der Waals surface area contributed by atoms with E-state index < -0.39 is 0 Å². The van der Waals surface area contributed by atoms with Crippen LogP contribution in [0, 0.1) is 11.7 Å². The molecule has 0 aromatic heterocycles. The zero-order chi connectivity index (χ0) is 14.4. The summed E-state index contributed by atoms with van der Waals surface area (Å²) in [5.41, 5.74) is 0.824. The molecule has 0 bridgehead atoms. The number of piperidine rings is 1. The van der Waals surface area contributed by atoms with Crippen LogP contribution in [0.3, 0.4) is 0 Å². The van der Waals surface area contributed by atoms with Gasteiger partial charge in [0, 0.05) is 18.2 Å². The molecule has 1 heterocycles. The quantitative estimate of drug-likeness (QED) is 0.855. The maximum atomic E-state index is 14.0. The van der Waals surface area contributed by atoms with Crippen molar-refractivity contribution in [1.82, 2.24) is 10.2 Å². The summed E-state index contributed by atoms with van der Waals surface area (Å²) in [6.45, 7) is 8.67. The predicted molar refractivity (Wildman–Crippen MR) is 82.3 cm³/mol. The first-order chi connectivity index (χ1) is 9.72. The van der Waals surface area contributed by atoms with Crippen molar-refractivity contribution in [2.45, 2.75) is 39.2 Å². The zero-order valence-corrected chi connectivity index (χ0v) is 12.7. The van der Waals surface area contributed by atoms with Gasteiger partial charge in [-0.05, 0) is 57.8 Å². The molecule has 2 atom stereocenters. The Bertz CT molecular complexity index is 402. The minimum Gasteiger partial charge on any atom is -0.316 e. The summed E-state index contributed by atoms with van der Waals surface area (Å²) in [4.78, 5) is 2.44. The minimum absolute atomic E-state index is 0.0807. The van der Waals surface area contributed by atoms with Gasteiger partial charge in [0.05, 0.1) is 0 Å². The first-order valence-electron chi connectivity index (χ1n) is 7.91. The van der Waals surface area contributed by atoms with Gasteiger partial charge in [-0.1, -0.05) is 25.1 Å². The zero-order valence-electron chi connectivity index (χ0n) is 12.7. The number of rotatable bonds is 6. The topological polar surface area (TPSA) is 15.3 Å². The van der Waals surface area contributed by atoms with Gasteiger partial charge >= 0.3 is 0 Å². The van der Waals surface area contributed by atoms with E-state index in [2.05, 4.69) is 24.1 Å². The molecule has 0 spiro atoms. The second kappa shape index (κ2) is 7.75. The van der Waals surface area contributed by atoms with Crippen molar-refractivity contribution in [3.63, 3.8) is 0 Å². The molecule has 1 aromatic rings. The van der Waals surface area contributed by atoms with E-state index in [1.165, 1.54) is 12.8 Å². The van der Waals surface area contributed by atoms with Crippen molar-refractivity contribution in [3.05, 3.63) is 35.6 Å². The Morgan fingerprint density at radius 2 is 2.20 bits per heavy atom. The van der Waals surface area contributed by atoms with E-state index in [1.54, 1.807) is 12.1 Å². The largest absolute Gasteiger partial charge is 0.316 e. The number of nitrogens with one attached hydrogen (secondary N) is 1. The summed E-state index contributed by atoms with van der Waals surface area (Å²) in [5.74, 6) is 0.618. The van der Waals surface area contributed by atoms with E-state index in [1.807, 2.05) is 12.1 Å². The van der Waals surface area contributed by atoms with Crippen LogP contribution in [0.2, 0.25) is 0 Å². The first-order valence-corrected chi connectivity index (χ1v) is 7.91. The average molecular weight is 278 g/mol. The molecular weight excluding hydrogens is 251 g/mol. The van der Waals surface area contributed by atoms with E-state index in [4.69, 9.17) is 0 Å². The van der Waals surface area contributed by atoms with Crippen molar-refractivity contribution in [2.75, 3.05) is 26.2 Å². The van der Waals surface area contributed by atoms with Crippen LogP contribution in [0.1, 0.15) is 44.7 Å². The molecular formula is C17H27FN2. The fraction of sp³-hybridized carbons (Fsp3) is 0.647. The molecule has 1 aliphatic rings. The number of halogens is 1. The highest BCUT2D eigenvalue weighted by atomic mass is 19.1.